The molecule has 0 aliphatic rings. The van der Waals surface area contributed by atoms with Gasteiger partial charge in [-0.1, -0.05) is 11.6 Å². The van der Waals surface area contributed by atoms with Crippen molar-refractivity contribution in [2.24, 2.45) is 0 Å². The van der Waals surface area contributed by atoms with E-state index in [1.54, 1.807) is 30.6 Å². The van der Waals surface area contributed by atoms with Gasteiger partial charge in [-0.2, -0.15) is 0 Å². The number of fused-ring (bicyclic) bond motifs is 1. The molecule has 0 radical (unpaired) electrons. The molecule has 1 aromatic carbocycles. The van der Waals surface area contributed by atoms with Crippen LogP contribution in [0.3, 0.4) is 0 Å². The predicted octanol–water partition coefficient (Wildman–Crippen LogP) is 4.44. The van der Waals surface area contributed by atoms with Gasteiger partial charge in [0.05, 0.1) is 23.6 Å². The summed E-state index contributed by atoms with van der Waals surface area (Å²) >= 11 is 7.69. The maximum atomic E-state index is 12.4. The van der Waals surface area contributed by atoms with Gasteiger partial charge in [-0.05, 0) is 44.5 Å². The van der Waals surface area contributed by atoms with Crippen molar-refractivity contribution < 1.29 is 4.74 Å². The quantitative estimate of drug-likeness (QED) is 0.719. The zero-order valence-corrected chi connectivity index (χ0v) is 15.4. The molecule has 0 amide bonds. The van der Waals surface area contributed by atoms with E-state index in [-0.39, 0.29) is 11.6 Å². The van der Waals surface area contributed by atoms with Gasteiger partial charge in [-0.25, -0.2) is 4.98 Å². The molecule has 0 saturated carbocycles. The van der Waals surface area contributed by atoms with Crippen molar-refractivity contribution in [1.82, 2.24) is 9.97 Å². The Bertz CT molecular complexity index is 964. The summed E-state index contributed by atoms with van der Waals surface area (Å²) in [6.07, 6.45) is 0. The van der Waals surface area contributed by atoms with Crippen LogP contribution in [0.25, 0.3) is 10.2 Å². The summed E-state index contributed by atoms with van der Waals surface area (Å²) in [5, 5.41) is 4.50. The van der Waals surface area contributed by atoms with Crippen LogP contribution < -0.4 is 15.6 Å². The van der Waals surface area contributed by atoms with Crippen LogP contribution in [-0.2, 0) is 0 Å². The number of hydrogen-bond donors (Lipinski definition) is 2. The number of rotatable bonds is 4. The van der Waals surface area contributed by atoms with Crippen molar-refractivity contribution in [2.75, 3.05) is 12.4 Å². The minimum absolute atomic E-state index is 0.0988. The van der Waals surface area contributed by atoms with Gasteiger partial charge in [-0.15, -0.1) is 11.3 Å². The van der Waals surface area contributed by atoms with Crippen molar-refractivity contribution in [2.45, 2.75) is 26.8 Å². The molecule has 126 valence electrons. The van der Waals surface area contributed by atoms with Crippen molar-refractivity contribution in [3.05, 3.63) is 49.8 Å². The Labute approximate surface area is 148 Å². The van der Waals surface area contributed by atoms with Crippen LogP contribution in [0.1, 0.15) is 29.2 Å². The number of nitrogens with one attached hydrogen (secondary N) is 2. The number of anilines is 1. The summed E-state index contributed by atoms with van der Waals surface area (Å²) < 4.78 is 5.15. The normalized spacial score (nSPS) is 12.4. The number of aromatic amines is 1. The van der Waals surface area contributed by atoms with Gasteiger partial charge in [0.2, 0.25) is 0 Å². The lowest BCUT2D eigenvalue weighted by Crippen LogP contribution is -2.17. The van der Waals surface area contributed by atoms with Crippen LogP contribution in [0, 0.1) is 13.8 Å². The zero-order valence-electron chi connectivity index (χ0n) is 13.9. The monoisotopic (exact) mass is 363 g/mol. The van der Waals surface area contributed by atoms with Crippen LogP contribution in [0.15, 0.2) is 23.0 Å². The van der Waals surface area contributed by atoms with Gasteiger partial charge in [0.25, 0.3) is 5.56 Å². The Kier molecular flexibility index (Phi) is 4.51. The fourth-order valence-electron chi connectivity index (χ4n) is 2.55. The molecule has 3 aromatic rings. The number of nitrogens with zero attached hydrogens (tertiary/aromatic N) is 1. The molecule has 0 spiro atoms. The minimum Gasteiger partial charge on any atom is -0.495 e. The van der Waals surface area contributed by atoms with Gasteiger partial charge in [0, 0.05) is 10.6 Å². The molecule has 0 aliphatic carbocycles. The summed E-state index contributed by atoms with van der Waals surface area (Å²) in [6.45, 7) is 5.89. The standard InChI is InChI=1S/C17H18ClN3O2S/c1-8-10(3)24-17-14(8)16(22)20-15(21-17)9(2)19-11-5-6-13(23-4)12(18)7-11/h5-7,9,19H,1-4H3,(H,20,21,22)/t9-/m1/s1. The number of hydrogen-bond acceptors (Lipinski definition) is 5. The SMILES string of the molecule is COc1ccc(N[C@H](C)c2nc3sc(C)c(C)c3c(=O)[nH]2)cc1Cl. The lowest BCUT2D eigenvalue weighted by Gasteiger charge is -2.15. The number of methoxy groups -OCH3 is 1. The first-order valence-corrected chi connectivity index (χ1v) is 8.70. The zero-order chi connectivity index (χ0) is 17.4. The van der Waals surface area contributed by atoms with Crippen LogP contribution in [0.4, 0.5) is 5.69 Å². The third-order valence-electron chi connectivity index (χ3n) is 4.00. The molecule has 3 rings (SSSR count). The van der Waals surface area contributed by atoms with Crippen molar-refractivity contribution in [3.63, 3.8) is 0 Å². The van der Waals surface area contributed by atoms with Gasteiger partial charge >= 0.3 is 0 Å². The second-order valence-corrected chi connectivity index (χ2v) is 7.24. The van der Waals surface area contributed by atoms with Crippen molar-refractivity contribution >= 4 is 38.8 Å². The first-order chi connectivity index (χ1) is 11.4. The summed E-state index contributed by atoms with van der Waals surface area (Å²) in [6, 6.07) is 5.28. The Hall–Kier alpha value is -2.05. The number of thiophene rings is 1. The molecule has 2 aromatic heterocycles. The van der Waals surface area contributed by atoms with Crippen molar-refractivity contribution in [1.29, 1.82) is 0 Å². The van der Waals surface area contributed by atoms with Crippen LogP contribution in [0.5, 0.6) is 5.75 Å². The Morgan fingerprint density at radius 1 is 1.38 bits per heavy atom. The second kappa shape index (κ2) is 6.45. The fourth-order valence-corrected chi connectivity index (χ4v) is 3.85. The third kappa shape index (κ3) is 2.99. The van der Waals surface area contributed by atoms with E-state index in [4.69, 9.17) is 16.3 Å². The van der Waals surface area contributed by atoms with Gasteiger partial charge < -0.3 is 15.0 Å². The number of H-pyrrole nitrogens is 1. The molecule has 1 atom stereocenters. The van der Waals surface area contributed by atoms with E-state index in [9.17, 15) is 4.79 Å². The molecule has 7 heteroatoms. The molecule has 0 bridgehead atoms. The van der Waals surface area contributed by atoms with Crippen LogP contribution in [-0.4, -0.2) is 17.1 Å². The summed E-state index contributed by atoms with van der Waals surface area (Å²) in [4.78, 5) is 21.8. The summed E-state index contributed by atoms with van der Waals surface area (Å²) in [5.41, 5.74) is 1.73. The van der Waals surface area contributed by atoms with E-state index in [1.165, 1.54) is 0 Å². The highest BCUT2D eigenvalue weighted by atomic mass is 35.5. The van der Waals surface area contributed by atoms with E-state index in [0.717, 1.165) is 21.0 Å². The fraction of sp³-hybridized carbons (Fsp3) is 0.294. The van der Waals surface area contributed by atoms with Crippen molar-refractivity contribution in [3.8, 4) is 5.75 Å². The molecule has 0 saturated heterocycles. The first-order valence-electron chi connectivity index (χ1n) is 7.50. The molecule has 0 fully saturated rings. The molecule has 0 aliphatic heterocycles. The van der Waals surface area contributed by atoms with E-state index in [2.05, 4.69) is 15.3 Å². The lowest BCUT2D eigenvalue weighted by atomic mass is 10.2. The number of aromatic nitrogens is 2. The van der Waals surface area contributed by atoms with E-state index >= 15 is 0 Å². The Balaban J connectivity index is 1.92. The predicted molar refractivity (Wildman–Crippen MR) is 99.8 cm³/mol. The molecular weight excluding hydrogens is 346 g/mol. The number of halogens is 1. The summed E-state index contributed by atoms with van der Waals surface area (Å²) in [5.74, 6) is 1.22. The van der Waals surface area contributed by atoms with Gasteiger partial charge in [0.1, 0.15) is 16.4 Å². The van der Waals surface area contributed by atoms with E-state index in [0.29, 0.717) is 22.0 Å². The molecule has 2 N–H and O–H groups in total. The molecule has 2 heterocycles. The minimum atomic E-state index is -0.172. The lowest BCUT2D eigenvalue weighted by molar-refractivity contribution is 0.415. The first kappa shape index (κ1) is 16.8. The molecule has 24 heavy (non-hydrogen) atoms. The smallest absolute Gasteiger partial charge is 0.259 e. The highest BCUT2D eigenvalue weighted by Crippen LogP contribution is 2.30. The molecule has 0 unspecified atom stereocenters. The number of ether oxygens (including phenoxy) is 1. The van der Waals surface area contributed by atoms with Gasteiger partial charge in [0.15, 0.2) is 0 Å². The largest absolute Gasteiger partial charge is 0.495 e. The van der Waals surface area contributed by atoms with E-state index in [1.807, 2.05) is 26.8 Å². The Morgan fingerprint density at radius 2 is 2.12 bits per heavy atom. The van der Waals surface area contributed by atoms with Crippen LogP contribution >= 0.6 is 22.9 Å². The topological polar surface area (TPSA) is 67.0 Å². The third-order valence-corrected chi connectivity index (χ3v) is 5.40. The maximum Gasteiger partial charge on any atom is 0.259 e. The maximum absolute atomic E-state index is 12.4. The van der Waals surface area contributed by atoms with Crippen LogP contribution in [0.2, 0.25) is 5.02 Å². The van der Waals surface area contributed by atoms with E-state index < -0.39 is 0 Å². The highest BCUT2D eigenvalue weighted by molar-refractivity contribution is 7.18. The second-order valence-electron chi connectivity index (χ2n) is 5.63. The molecular formula is C17H18ClN3O2S. The summed E-state index contributed by atoms with van der Waals surface area (Å²) in [7, 11) is 1.58. The number of aryl methyl sites for hydroxylation is 2. The average molecular weight is 364 g/mol. The van der Waals surface area contributed by atoms with Gasteiger partial charge in [-0.3, -0.25) is 4.79 Å². The Morgan fingerprint density at radius 3 is 2.79 bits per heavy atom. The molecule has 5 nitrogen and oxygen atoms in total. The number of benzene rings is 1. The highest BCUT2D eigenvalue weighted by Gasteiger charge is 2.15. The average Bonchev–Trinajstić information content (AvgIpc) is 2.82.